The highest BCUT2D eigenvalue weighted by atomic mass is 79.9. The van der Waals surface area contributed by atoms with Crippen molar-refractivity contribution in [2.24, 2.45) is 0 Å². The minimum absolute atomic E-state index is 0.0814. The summed E-state index contributed by atoms with van der Waals surface area (Å²) >= 11 is 3.48. The molecule has 4 rings (SSSR count). The van der Waals surface area contributed by atoms with Gasteiger partial charge < -0.3 is 10.1 Å². The molecule has 5 heteroatoms. The van der Waals surface area contributed by atoms with Crippen molar-refractivity contribution in [3.05, 3.63) is 92.7 Å². The molecular formula is C26H26BrNO3. The van der Waals surface area contributed by atoms with E-state index in [1.807, 2.05) is 63.2 Å². The Hall–Kier alpha value is -2.66. The van der Waals surface area contributed by atoms with E-state index >= 15 is 0 Å². The monoisotopic (exact) mass is 479 g/mol. The molecule has 4 nitrogen and oxygen atoms in total. The first kappa shape index (κ1) is 21.6. The van der Waals surface area contributed by atoms with Crippen molar-refractivity contribution in [3.63, 3.8) is 0 Å². The summed E-state index contributed by atoms with van der Waals surface area (Å²) < 4.78 is 6.51. The maximum atomic E-state index is 13.5. The van der Waals surface area contributed by atoms with E-state index in [1.165, 1.54) is 0 Å². The van der Waals surface area contributed by atoms with Gasteiger partial charge in [0, 0.05) is 33.8 Å². The van der Waals surface area contributed by atoms with Crippen LogP contribution in [0, 0.1) is 0 Å². The Bertz CT molecular complexity index is 1070. The van der Waals surface area contributed by atoms with Crippen LogP contribution in [0.4, 0.5) is 0 Å². The molecule has 0 fully saturated rings. The van der Waals surface area contributed by atoms with Crippen molar-refractivity contribution in [2.45, 2.75) is 51.6 Å². The van der Waals surface area contributed by atoms with Crippen LogP contribution < -0.4 is 5.32 Å². The summed E-state index contributed by atoms with van der Waals surface area (Å²) in [5.41, 5.74) is 4.95. The van der Waals surface area contributed by atoms with Crippen molar-refractivity contribution in [2.75, 3.05) is 0 Å². The fraction of sp³-hybridized carbons (Fsp3) is 0.308. The van der Waals surface area contributed by atoms with Crippen molar-refractivity contribution in [3.8, 4) is 0 Å². The molecule has 1 aliphatic carbocycles. The second-order valence-corrected chi connectivity index (χ2v) is 9.35. The summed E-state index contributed by atoms with van der Waals surface area (Å²) in [6.45, 7) is 5.56. The van der Waals surface area contributed by atoms with Crippen molar-refractivity contribution in [1.29, 1.82) is 0 Å². The normalized spacial score (nSPS) is 21.1. The predicted molar refractivity (Wildman–Crippen MR) is 124 cm³/mol. The summed E-state index contributed by atoms with van der Waals surface area (Å²) in [6.07, 6.45) is 0.934. The summed E-state index contributed by atoms with van der Waals surface area (Å²) in [6, 6.07) is 18.0. The zero-order chi connectivity index (χ0) is 22.1. The number of rotatable bonds is 4. The third-order valence-electron chi connectivity index (χ3n) is 5.86. The lowest BCUT2D eigenvalue weighted by molar-refractivity contribution is -0.143. The van der Waals surface area contributed by atoms with Gasteiger partial charge in [0.25, 0.3) is 0 Å². The minimum atomic E-state index is -0.431. The fourth-order valence-electron chi connectivity index (χ4n) is 4.54. The zero-order valence-corrected chi connectivity index (χ0v) is 19.5. The van der Waals surface area contributed by atoms with E-state index in [0.717, 1.165) is 33.4 Å². The Morgan fingerprint density at radius 2 is 1.71 bits per heavy atom. The third kappa shape index (κ3) is 4.38. The maximum Gasteiger partial charge on any atom is 0.337 e. The molecule has 31 heavy (non-hydrogen) atoms. The highest BCUT2D eigenvalue weighted by Crippen LogP contribution is 2.45. The predicted octanol–water partition coefficient (Wildman–Crippen LogP) is 5.76. The number of hydrogen-bond donors (Lipinski definition) is 1. The molecule has 1 aliphatic heterocycles. The van der Waals surface area contributed by atoms with Crippen molar-refractivity contribution >= 4 is 27.7 Å². The smallest absolute Gasteiger partial charge is 0.337 e. The Morgan fingerprint density at radius 1 is 1.03 bits per heavy atom. The standard InChI is InChI=1S/C26H26BrNO3/c1-15(2)31-26(30)23-16(3)28-21-13-19(17-7-5-4-6-8-17)14-22(29)25(21)24(23)18-9-11-20(27)12-10-18/h4-12,15,19,24,28H,13-14H2,1-3H3/t19-,24+/m0/s1. The van der Waals surface area contributed by atoms with E-state index in [0.29, 0.717) is 17.6 Å². The van der Waals surface area contributed by atoms with Crippen LogP contribution in [0.25, 0.3) is 0 Å². The molecule has 2 aromatic rings. The number of benzene rings is 2. The SMILES string of the molecule is CC1=C(C(=O)OC(C)C)[C@@H](c2ccc(Br)cc2)C2=C(C[C@H](c3ccccc3)CC2=O)N1. The van der Waals surface area contributed by atoms with Gasteiger partial charge in [-0.2, -0.15) is 0 Å². The van der Waals surface area contributed by atoms with Gasteiger partial charge in [-0.1, -0.05) is 58.4 Å². The van der Waals surface area contributed by atoms with E-state index in [2.05, 4.69) is 33.4 Å². The lowest BCUT2D eigenvalue weighted by atomic mass is 9.72. The first-order valence-corrected chi connectivity index (χ1v) is 11.4. The van der Waals surface area contributed by atoms with Crippen molar-refractivity contribution in [1.82, 2.24) is 5.32 Å². The molecular weight excluding hydrogens is 454 g/mol. The highest BCUT2D eigenvalue weighted by Gasteiger charge is 2.41. The van der Waals surface area contributed by atoms with Crippen LogP contribution >= 0.6 is 15.9 Å². The van der Waals surface area contributed by atoms with Crippen molar-refractivity contribution < 1.29 is 14.3 Å². The number of Topliss-reactive ketones (excluding diaryl/α,β-unsaturated/α-hetero) is 1. The molecule has 0 radical (unpaired) electrons. The Balaban J connectivity index is 1.79. The van der Waals surface area contributed by atoms with E-state index in [9.17, 15) is 9.59 Å². The molecule has 1 N–H and O–H groups in total. The van der Waals surface area contributed by atoms with E-state index in [-0.39, 0.29) is 23.8 Å². The number of ether oxygens (including phenoxy) is 1. The average Bonchev–Trinajstić information content (AvgIpc) is 2.73. The molecule has 0 saturated heterocycles. The van der Waals surface area contributed by atoms with Crippen LogP contribution in [0.3, 0.4) is 0 Å². The second kappa shape index (κ2) is 8.83. The first-order chi connectivity index (χ1) is 14.8. The molecule has 0 unspecified atom stereocenters. The molecule has 0 aromatic heterocycles. The number of carbonyl (C=O) groups excluding carboxylic acids is 2. The van der Waals surface area contributed by atoms with Crippen LogP contribution in [0.2, 0.25) is 0 Å². The molecule has 0 bridgehead atoms. The topological polar surface area (TPSA) is 55.4 Å². The Kier molecular flexibility index (Phi) is 6.15. The summed E-state index contributed by atoms with van der Waals surface area (Å²) in [7, 11) is 0. The minimum Gasteiger partial charge on any atom is -0.460 e. The molecule has 2 aliphatic rings. The van der Waals surface area contributed by atoms with Crippen LogP contribution in [0.5, 0.6) is 0 Å². The fourth-order valence-corrected chi connectivity index (χ4v) is 4.80. The second-order valence-electron chi connectivity index (χ2n) is 8.43. The van der Waals surface area contributed by atoms with E-state index in [1.54, 1.807) is 0 Å². The number of halogens is 1. The van der Waals surface area contributed by atoms with Gasteiger partial charge in [0.2, 0.25) is 0 Å². The number of ketones is 1. The Morgan fingerprint density at radius 3 is 2.35 bits per heavy atom. The quantitative estimate of drug-likeness (QED) is 0.566. The number of allylic oxidation sites excluding steroid dienone is 3. The Labute approximate surface area is 191 Å². The summed E-state index contributed by atoms with van der Waals surface area (Å²) in [4.78, 5) is 26.6. The number of carbonyl (C=O) groups is 2. The zero-order valence-electron chi connectivity index (χ0n) is 17.9. The average molecular weight is 480 g/mol. The van der Waals surface area contributed by atoms with Crippen LogP contribution in [-0.2, 0) is 14.3 Å². The number of dihydropyridines is 1. The number of esters is 1. The molecule has 2 aromatic carbocycles. The molecule has 0 amide bonds. The first-order valence-electron chi connectivity index (χ1n) is 10.6. The van der Waals surface area contributed by atoms with Gasteiger partial charge in [-0.05, 0) is 56.4 Å². The highest BCUT2D eigenvalue weighted by molar-refractivity contribution is 9.10. The summed E-state index contributed by atoms with van der Waals surface area (Å²) in [5.74, 6) is -0.599. The largest absolute Gasteiger partial charge is 0.460 e. The van der Waals surface area contributed by atoms with Gasteiger partial charge in [0.1, 0.15) is 0 Å². The van der Waals surface area contributed by atoms with E-state index in [4.69, 9.17) is 4.74 Å². The van der Waals surface area contributed by atoms with Gasteiger partial charge in [-0.25, -0.2) is 4.79 Å². The number of nitrogens with one attached hydrogen (secondary N) is 1. The van der Waals surface area contributed by atoms with Crippen LogP contribution in [0.1, 0.15) is 56.6 Å². The van der Waals surface area contributed by atoms with Gasteiger partial charge >= 0.3 is 5.97 Å². The van der Waals surface area contributed by atoms with Gasteiger partial charge in [0.05, 0.1) is 11.7 Å². The summed E-state index contributed by atoms with van der Waals surface area (Å²) in [5, 5.41) is 3.39. The maximum absolute atomic E-state index is 13.5. The van der Waals surface area contributed by atoms with Gasteiger partial charge in [0.15, 0.2) is 5.78 Å². The van der Waals surface area contributed by atoms with Gasteiger partial charge in [-0.15, -0.1) is 0 Å². The number of hydrogen-bond acceptors (Lipinski definition) is 4. The molecule has 0 saturated carbocycles. The third-order valence-corrected chi connectivity index (χ3v) is 6.39. The molecule has 0 spiro atoms. The molecule has 1 heterocycles. The van der Waals surface area contributed by atoms with Crippen LogP contribution in [-0.4, -0.2) is 17.9 Å². The van der Waals surface area contributed by atoms with Crippen LogP contribution in [0.15, 0.2) is 81.6 Å². The van der Waals surface area contributed by atoms with E-state index < -0.39 is 5.92 Å². The molecule has 2 atom stereocenters. The van der Waals surface area contributed by atoms with Gasteiger partial charge in [-0.3, -0.25) is 4.79 Å². The molecule has 160 valence electrons. The lowest BCUT2D eigenvalue weighted by Crippen LogP contribution is -2.36. The lowest BCUT2D eigenvalue weighted by Gasteiger charge is -2.37.